The molecule has 1 rings (SSSR count). The Hall–Kier alpha value is -1.91. The number of imide groups is 1. The van der Waals surface area contributed by atoms with Crippen LogP contribution < -0.4 is 0 Å². The number of ether oxygens (including phenoxy) is 1. The van der Waals surface area contributed by atoms with Gasteiger partial charge in [-0.15, -0.1) is 6.42 Å². The summed E-state index contributed by atoms with van der Waals surface area (Å²) in [4.78, 5) is 25.3. The molecule has 0 aromatic heterocycles. The SMILES string of the molecule is C#CC#CC[C@H]1COC(=O)N1C(=O)[C@H](CC)CC=CCl. The van der Waals surface area contributed by atoms with E-state index in [1.807, 2.05) is 6.92 Å². The monoisotopic (exact) mass is 293 g/mol. The first-order valence-corrected chi connectivity index (χ1v) is 6.77. The van der Waals surface area contributed by atoms with Crippen LogP contribution in [0.1, 0.15) is 26.2 Å². The molecule has 1 aliphatic rings. The maximum absolute atomic E-state index is 12.4. The molecular weight excluding hydrogens is 278 g/mol. The number of carbonyl (C=O) groups is 2. The molecule has 0 aliphatic carbocycles. The summed E-state index contributed by atoms with van der Waals surface area (Å²) in [5, 5.41) is 0. The van der Waals surface area contributed by atoms with Crippen LogP contribution in [0, 0.1) is 30.1 Å². The van der Waals surface area contributed by atoms with Crippen molar-refractivity contribution in [2.24, 2.45) is 5.92 Å². The van der Waals surface area contributed by atoms with Gasteiger partial charge in [0.25, 0.3) is 0 Å². The molecule has 2 amide bonds. The largest absolute Gasteiger partial charge is 0.447 e. The summed E-state index contributed by atoms with van der Waals surface area (Å²) in [6.07, 6.45) is 7.55. The van der Waals surface area contributed by atoms with E-state index in [1.165, 1.54) is 5.54 Å². The van der Waals surface area contributed by atoms with Crippen LogP contribution in [0.4, 0.5) is 4.79 Å². The van der Waals surface area contributed by atoms with E-state index >= 15 is 0 Å². The van der Waals surface area contributed by atoms with E-state index in [0.29, 0.717) is 19.3 Å². The molecule has 2 atom stereocenters. The predicted molar refractivity (Wildman–Crippen MR) is 76.6 cm³/mol. The summed E-state index contributed by atoms with van der Waals surface area (Å²) >= 11 is 5.47. The van der Waals surface area contributed by atoms with Crippen LogP contribution in [0.3, 0.4) is 0 Å². The van der Waals surface area contributed by atoms with Crippen molar-refractivity contribution in [1.82, 2.24) is 4.90 Å². The highest BCUT2D eigenvalue weighted by Crippen LogP contribution is 2.22. The van der Waals surface area contributed by atoms with Gasteiger partial charge in [-0.1, -0.05) is 30.5 Å². The lowest BCUT2D eigenvalue weighted by Gasteiger charge is -2.22. The van der Waals surface area contributed by atoms with Crippen LogP contribution in [0.25, 0.3) is 0 Å². The average molecular weight is 294 g/mol. The minimum absolute atomic E-state index is 0.158. The minimum atomic E-state index is -0.615. The third-order valence-electron chi connectivity index (χ3n) is 3.05. The Morgan fingerprint density at radius 2 is 2.45 bits per heavy atom. The van der Waals surface area contributed by atoms with Crippen LogP contribution >= 0.6 is 11.6 Å². The van der Waals surface area contributed by atoms with E-state index in [4.69, 9.17) is 22.8 Å². The van der Waals surface area contributed by atoms with Crippen molar-refractivity contribution in [3.8, 4) is 24.2 Å². The van der Waals surface area contributed by atoms with Crippen LogP contribution in [-0.4, -0.2) is 29.5 Å². The number of rotatable bonds is 5. The number of hydrogen-bond donors (Lipinski definition) is 0. The zero-order chi connectivity index (χ0) is 15.0. The first-order valence-electron chi connectivity index (χ1n) is 6.34. The minimum Gasteiger partial charge on any atom is -0.447 e. The maximum Gasteiger partial charge on any atom is 0.417 e. The molecule has 0 aromatic rings. The molecule has 0 bridgehead atoms. The van der Waals surface area contributed by atoms with Crippen molar-refractivity contribution in [2.45, 2.75) is 32.2 Å². The Bertz CT molecular complexity index is 495. The van der Waals surface area contributed by atoms with Crippen molar-refractivity contribution in [3.63, 3.8) is 0 Å². The summed E-state index contributed by atoms with van der Waals surface area (Å²) < 4.78 is 4.93. The van der Waals surface area contributed by atoms with Crippen LogP contribution in [0.2, 0.25) is 0 Å². The van der Waals surface area contributed by atoms with E-state index < -0.39 is 6.09 Å². The highest BCUT2D eigenvalue weighted by atomic mass is 35.5. The molecule has 0 unspecified atom stereocenters. The van der Waals surface area contributed by atoms with E-state index in [9.17, 15) is 9.59 Å². The molecule has 0 radical (unpaired) electrons. The van der Waals surface area contributed by atoms with E-state index in [2.05, 4.69) is 17.8 Å². The second-order valence-electron chi connectivity index (χ2n) is 4.29. The van der Waals surface area contributed by atoms with Gasteiger partial charge in [-0.25, -0.2) is 9.69 Å². The van der Waals surface area contributed by atoms with Gasteiger partial charge in [0.15, 0.2) is 0 Å². The number of carbonyl (C=O) groups excluding carboxylic acids is 2. The lowest BCUT2D eigenvalue weighted by atomic mass is 10.00. The van der Waals surface area contributed by atoms with Crippen molar-refractivity contribution in [2.75, 3.05) is 6.61 Å². The molecule has 0 saturated carbocycles. The highest BCUT2D eigenvalue weighted by Gasteiger charge is 2.39. The van der Waals surface area contributed by atoms with Crippen molar-refractivity contribution >= 4 is 23.6 Å². The molecule has 0 N–H and O–H groups in total. The zero-order valence-electron chi connectivity index (χ0n) is 11.3. The number of allylic oxidation sites excluding steroid dienone is 1. The van der Waals surface area contributed by atoms with Gasteiger partial charge in [-0.2, -0.15) is 0 Å². The fraction of sp³-hybridized carbons (Fsp3) is 0.467. The normalized spacial score (nSPS) is 19.1. The fourth-order valence-electron chi connectivity index (χ4n) is 1.96. The molecule has 0 spiro atoms. The topological polar surface area (TPSA) is 46.6 Å². The van der Waals surface area contributed by atoms with Gasteiger partial charge in [0.2, 0.25) is 5.91 Å². The third kappa shape index (κ3) is 4.05. The number of cyclic esters (lactones) is 1. The molecule has 1 saturated heterocycles. The first-order chi connectivity index (χ1) is 9.65. The van der Waals surface area contributed by atoms with E-state index in [1.54, 1.807) is 6.08 Å². The molecule has 1 fully saturated rings. The number of amides is 2. The van der Waals surface area contributed by atoms with Crippen LogP contribution in [0.15, 0.2) is 11.6 Å². The Morgan fingerprint density at radius 3 is 3.05 bits per heavy atom. The van der Waals surface area contributed by atoms with Crippen LogP contribution in [-0.2, 0) is 9.53 Å². The van der Waals surface area contributed by atoms with E-state index in [0.717, 1.165) is 4.90 Å². The summed E-state index contributed by atoms with van der Waals surface area (Å²) in [5.41, 5.74) is 1.37. The second kappa shape index (κ2) is 8.30. The molecule has 5 heteroatoms. The molecule has 1 aliphatic heterocycles. The molecule has 4 nitrogen and oxygen atoms in total. The van der Waals surface area contributed by atoms with Gasteiger partial charge in [0.05, 0.1) is 6.04 Å². The lowest BCUT2D eigenvalue weighted by molar-refractivity contribution is -0.133. The standard InChI is InChI=1S/C15H16ClNO3/c1-3-5-6-9-13-11-20-15(19)17(13)14(18)12(4-2)8-7-10-16/h1,7,10,12-13H,4,8-9,11H2,2H3/t12-,13+/m1/s1. The zero-order valence-corrected chi connectivity index (χ0v) is 12.0. The van der Waals surface area contributed by atoms with Crippen LogP contribution in [0.5, 0.6) is 0 Å². The van der Waals surface area contributed by atoms with Gasteiger partial charge in [-0.3, -0.25) is 4.79 Å². The quantitative estimate of drug-likeness (QED) is 0.732. The van der Waals surface area contributed by atoms with Gasteiger partial charge < -0.3 is 4.74 Å². The predicted octanol–water partition coefficient (Wildman–Crippen LogP) is 2.53. The highest BCUT2D eigenvalue weighted by molar-refractivity contribution is 6.25. The van der Waals surface area contributed by atoms with E-state index in [-0.39, 0.29) is 24.5 Å². The Morgan fingerprint density at radius 1 is 1.70 bits per heavy atom. The Balaban J connectivity index is 2.80. The molecule has 20 heavy (non-hydrogen) atoms. The van der Waals surface area contributed by atoms with Gasteiger partial charge in [0.1, 0.15) is 6.61 Å². The van der Waals surface area contributed by atoms with Gasteiger partial charge in [-0.05, 0) is 24.7 Å². The van der Waals surface area contributed by atoms with Gasteiger partial charge >= 0.3 is 6.09 Å². The van der Waals surface area contributed by atoms with Crippen molar-refractivity contribution in [3.05, 3.63) is 11.6 Å². The van der Waals surface area contributed by atoms with Gasteiger partial charge in [0, 0.05) is 17.9 Å². The molecule has 1 heterocycles. The number of halogens is 1. The third-order valence-corrected chi connectivity index (χ3v) is 3.23. The van der Waals surface area contributed by atoms with Crippen molar-refractivity contribution in [1.29, 1.82) is 0 Å². The average Bonchev–Trinajstić information content (AvgIpc) is 2.81. The molecule has 0 aromatic carbocycles. The molecular formula is C15H16ClNO3. The summed E-state index contributed by atoms with van der Waals surface area (Å²) in [7, 11) is 0. The first kappa shape index (κ1) is 16.1. The Labute approximate surface area is 124 Å². The Kier molecular flexibility index (Phi) is 6.70. The number of terminal acetylenes is 1. The second-order valence-corrected chi connectivity index (χ2v) is 4.54. The lowest BCUT2D eigenvalue weighted by Crippen LogP contribution is -2.42. The fourth-order valence-corrected chi connectivity index (χ4v) is 2.06. The van der Waals surface area contributed by atoms with Crippen molar-refractivity contribution < 1.29 is 14.3 Å². The smallest absolute Gasteiger partial charge is 0.417 e. The number of nitrogens with zero attached hydrogens (tertiary/aromatic N) is 1. The summed E-state index contributed by atoms with van der Waals surface area (Å²) in [6, 6.07) is -0.370. The summed E-state index contributed by atoms with van der Waals surface area (Å²) in [5.74, 6) is 6.86. The number of hydrogen-bond acceptors (Lipinski definition) is 3. The summed E-state index contributed by atoms with van der Waals surface area (Å²) in [6.45, 7) is 2.05. The molecule has 106 valence electrons. The maximum atomic E-state index is 12.4.